The molecule has 4 N–H and O–H groups in total. The van der Waals surface area contributed by atoms with Gasteiger partial charge in [0.2, 0.25) is 5.91 Å². The summed E-state index contributed by atoms with van der Waals surface area (Å²) in [4.78, 5) is 11.9. The molecular weight excluding hydrogens is 340 g/mol. The van der Waals surface area contributed by atoms with Crippen molar-refractivity contribution in [1.29, 1.82) is 0 Å². The maximum absolute atomic E-state index is 11.9. The maximum atomic E-state index is 11.9. The van der Waals surface area contributed by atoms with Crippen LogP contribution in [0.25, 0.3) is 0 Å². The summed E-state index contributed by atoms with van der Waals surface area (Å²) in [7, 11) is 0. The van der Waals surface area contributed by atoms with Gasteiger partial charge in [-0.25, -0.2) is 0 Å². The van der Waals surface area contributed by atoms with Crippen molar-refractivity contribution in [3.63, 3.8) is 0 Å². The third kappa shape index (κ3) is 8.08. The molecule has 2 atom stereocenters. The minimum absolute atomic E-state index is 0. The van der Waals surface area contributed by atoms with Crippen LogP contribution >= 0.6 is 12.4 Å². The molecule has 1 fully saturated rings. The van der Waals surface area contributed by atoms with Gasteiger partial charge in [0.15, 0.2) is 0 Å². The van der Waals surface area contributed by atoms with Crippen molar-refractivity contribution in [2.24, 2.45) is 5.73 Å². The second-order valence-corrected chi connectivity index (χ2v) is 6.53. The molecule has 1 aromatic carbocycles. The van der Waals surface area contributed by atoms with Crippen LogP contribution in [-0.4, -0.2) is 29.8 Å². The fourth-order valence-electron chi connectivity index (χ4n) is 3.01. The average molecular weight is 371 g/mol. The zero-order valence-electron chi connectivity index (χ0n) is 14.8. The van der Waals surface area contributed by atoms with Crippen molar-refractivity contribution >= 4 is 24.0 Å². The molecule has 2 unspecified atom stereocenters. The van der Waals surface area contributed by atoms with E-state index in [1.54, 1.807) is 0 Å². The van der Waals surface area contributed by atoms with Crippen LogP contribution < -0.4 is 15.8 Å². The number of carbonyl (C=O) groups excluding carboxylic acids is 1. The lowest BCUT2D eigenvalue weighted by Crippen LogP contribution is -2.34. The van der Waals surface area contributed by atoms with Crippen LogP contribution in [0.5, 0.6) is 5.75 Å². The van der Waals surface area contributed by atoms with Crippen LogP contribution in [0.1, 0.15) is 57.8 Å². The van der Waals surface area contributed by atoms with Crippen molar-refractivity contribution in [2.75, 3.05) is 11.9 Å². The summed E-state index contributed by atoms with van der Waals surface area (Å²) >= 11 is 0. The normalized spacial score (nSPS) is 19.8. The summed E-state index contributed by atoms with van der Waals surface area (Å²) in [5.74, 6) is 0.778. The average Bonchev–Trinajstić information content (AvgIpc) is 2.58. The van der Waals surface area contributed by atoms with Gasteiger partial charge >= 0.3 is 0 Å². The van der Waals surface area contributed by atoms with Gasteiger partial charge in [0.1, 0.15) is 11.9 Å². The number of nitrogens with one attached hydrogen (secondary N) is 1. The monoisotopic (exact) mass is 370 g/mol. The van der Waals surface area contributed by atoms with Crippen molar-refractivity contribution in [2.45, 2.75) is 70.0 Å². The van der Waals surface area contributed by atoms with E-state index in [0.29, 0.717) is 6.42 Å². The Kier molecular flexibility index (Phi) is 10.5. The van der Waals surface area contributed by atoms with E-state index in [0.717, 1.165) is 69.3 Å². The number of hydrogen-bond donors (Lipinski definition) is 3. The first-order valence-electron chi connectivity index (χ1n) is 9.14. The number of amides is 1. The first kappa shape index (κ1) is 21.7. The number of hydrogen-bond acceptors (Lipinski definition) is 4. The van der Waals surface area contributed by atoms with Crippen LogP contribution in [0.4, 0.5) is 5.69 Å². The molecule has 1 aromatic rings. The molecule has 0 saturated heterocycles. The molecule has 0 aromatic heterocycles. The standard InChI is InChI=1S/C19H30N2O3.ClH/c20-14-6-2-1-3-9-19(23)21-15-10-12-16(13-11-15)24-18-8-5-4-7-17(18)22;/h10-13,17-18,22H,1-9,14,20H2,(H,21,23);1H. The quantitative estimate of drug-likeness (QED) is 0.579. The molecule has 0 radical (unpaired) electrons. The Morgan fingerprint density at radius 2 is 1.80 bits per heavy atom. The lowest BCUT2D eigenvalue weighted by molar-refractivity contribution is -0.116. The third-order valence-corrected chi connectivity index (χ3v) is 4.45. The first-order valence-corrected chi connectivity index (χ1v) is 9.14. The highest BCUT2D eigenvalue weighted by Crippen LogP contribution is 2.25. The highest BCUT2D eigenvalue weighted by atomic mass is 35.5. The van der Waals surface area contributed by atoms with Crippen LogP contribution in [0.2, 0.25) is 0 Å². The fourth-order valence-corrected chi connectivity index (χ4v) is 3.01. The van der Waals surface area contributed by atoms with Gasteiger partial charge in [0, 0.05) is 12.1 Å². The maximum Gasteiger partial charge on any atom is 0.224 e. The van der Waals surface area contributed by atoms with Crippen LogP contribution in [0.15, 0.2) is 24.3 Å². The minimum atomic E-state index is -0.377. The minimum Gasteiger partial charge on any atom is -0.488 e. The van der Waals surface area contributed by atoms with Gasteiger partial charge in [0.05, 0.1) is 6.10 Å². The zero-order chi connectivity index (χ0) is 17.2. The lowest BCUT2D eigenvalue weighted by Gasteiger charge is -2.28. The van der Waals surface area contributed by atoms with Crippen LogP contribution in [0, 0.1) is 0 Å². The largest absolute Gasteiger partial charge is 0.488 e. The third-order valence-electron chi connectivity index (χ3n) is 4.45. The molecule has 1 saturated carbocycles. The Bertz CT molecular complexity index is 496. The highest BCUT2D eigenvalue weighted by Gasteiger charge is 2.24. The Labute approximate surface area is 156 Å². The molecule has 0 spiro atoms. The smallest absolute Gasteiger partial charge is 0.224 e. The van der Waals surface area contributed by atoms with Gasteiger partial charge in [-0.2, -0.15) is 0 Å². The molecule has 0 heterocycles. The highest BCUT2D eigenvalue weighted by molar-refractivity contribution is 5.90. The molecule has 0 aliphatic heterocycles. The number of aliphatic hydroxyl groups excluding tert-OH is 1. The molecule has 0 bridgehead atoms. The van der Waals surface area contributed by atoms with E-state index in [2.05, 4.69) is 5.32 Å². The van der Waals surface area contributed by atoms with Crippen molar-refractivity contribution in [3.05, 3.63) is 24.3 Å². The number of halogens is 1. The topological polar surface area (TPSA) is 84.6 Å². The molecule has 1 aliphatic rings. The summed E-state index contributed by atoms with van der Waals surface area (Å²) in [5, 5.41) is 12.9. The molecule has 5 nitrogen and oxygen atoms in total. The van der Waals surface area contributed by atoms with Gasteiger partial charge in [-0.3, -0.25) is 4.79 Å². The number of aliphatic hydroxyl groups is 1. The Morgan fingerprint density at radius 3 is 2.48 bits per heavy atom. The number of anilines is 1. The number of nitrogens with two attached hydrogens (primary N) is 1. The summed E-state index contributed by atoms with van der Waals surface area (Å²) < 4.78 is 5.86. The van der Waals surface area contributed by atoms with Crippen LogP contribution in [-0.2, 0) is 4.79 Å². The summed E-state index contributed by atoms with van der Waals surface area (Å²) in [6.07, 6.45) is 7.96. The molecule has 142 valence electrons. The number of benzene rings is 1. The summed E-state index contributed by atoms with van der Waals surface area (Å²) in [6, 6.07) is 7.38. The second kappa shape index (κ2) is 12.1. The van der Waals surface area contributed by atoms with Gasteiger partial charge < -0.3 is 20.9 Å². The van der Waals surface area contributed by atoms with E-state index in [-0.39, 0.29) is 30.5 Å². The van der Waals surface area contributed by atoms with E-state index in [9.17, 15) is 9.90 Å². The van der Waals surface area contributed by atoms with Gasteiger partial charge in [-0.15, -0.1) is 12.4 Å². The van der Waals surface area contributed by atoms with E-state index in [1.165, 1.54) is 0 Å². The number of carbonyl (C=O) groups is 1. The Hall–Kier alpha value is -1.30. The van der Waals surface area contributed by atoms with Crippen molar-refractivity contribution in [1.82, 2.24) is 0 Å². The van der Waals surface area contributed by atoms with Crippen LogP contribution in [0.3, 0.4) is 0 Å². The molecule has 2 rings (SSSR count). The predicted molar refractivity (Wildman–Crippen MR) is 103 cm³/mol. The molecule has 1 aliphatic carbocycles. The molecule has 6 heteroatoms. The SMILES string of the molecule is Cl.NCCCCCCC(=O)Nc1ccc(OC2CCCCC2O)cc1. The van der Waals surface area contributed by atoms with E-state index >= 15 is 0 Å². The van der Waals surface area contributed by atoms with Crippen molar-refractivity contribution < 1.29 is 14.6 Å². The second-order valence-electron chi connectivity index (χ2n) is 6.53. The van der Waals surface area contributed by atoms with Gasteiger partial charge in [-0.05, 0) is 62.9 Å². The first-order chi connectivity index (χ1) is 11.7. The zero-order valence-corrected chi connectivity index (χ0v) is 15.6. The summed E-state index contributed by atoms with van der Waals surface area (Å²) in [6.45, 7) is 0.721. The van der Waals surface area contributed by atoms with Gasteiger partial charge in [-0.1, -0.05) is 19.3 Å². The van der Waals surface area contributed by atoms with Gasteiger partial charge in [0.25, 0.3) is 0 Å². The number of unbranched alkanes of at least 4 members (excludes halogenated alkanes) is 3. The van der Waals surface area contributed by atoms with Crippen molar-refractivity contribution in [3.8, 4) is 5.75 Å². The fraction of sp³-hybridized carbons (Fsp3) is 0.632. The Morgan fingerprint density at radius 1 is 1.12 bits per heavy atom. The number of ether oxygens (including phenoxy) is 1. The van der Waals surface area contributed by atoms with E-state index in [1.807, 2.05) is 24.3 Å². The molecule has 25 heavy (non-hydrogen) atoms. The van der Waals surface area contributed by atoms with E-state index < -0.39 is 0 Å². The predicted octanol–water partition coefficient (Wildman–Crippen LogP) is 3.64. The molecular formula is C19H31ClN2O3. The number of rotatable bonds is 9. The molecule has 1 amide bonds. The lowest BCUT2D eigenvalue weighted by atomic mass is 9.95. The Balaban J connectivity index is 0.00000312. The van der Waals surface area contributed by atoms with E-state index in [4.69, 9.17) is 10.5 Å². The summed E-state index contributed by atoms with van der Waals surface area (Å²) in [5.41, 5.74) is 6.22.